The Hall–Kier alpha value is -2.16. The first-order valence-corrected chi connectivity index (χ1v) is 6.20. The molecule has 0 spiro atoms. The highest BCUT2D eigenvalue weighted by Gasteiger charge is 2.11. The van der Waals surface area contributed by atoms with Crippen molar-refractivity contribution in [1.82, 2.24) is 14.8 Å². The van der Waals surface area contributed by atoms with Crippen molar-refractivity contribution in [2.24, 2.45) is 0 Å². The molecule has 3 nitrogen and oxygen atoms in total. The van der Waals surface area contributed by atoms with E-state index in [1.165, 1.54) is 5.57 Å². The minimum atomic E-state index is 0.862. The van der Waals surface area contributed by atoms with E-state index in [2.05, 4.69) is 34.4 Å². The molecule has 2 aromatic rings. The fourth-order valence-corrected chi connectivity index (χ4v) is 2.16. The van der Waals surface area contributed by atoms with Gasteiger partial charge in [-0.1, -0.05) is 24.3 Å². The Morgan fingerprint density at radius 1 is 1.22 bits per heavy atom. The normalized spacial score (nSPS) is 14.6. The van der Waals surface area contributed by atoms with Gasteiger partial charge in [0.2, 0.25) is 0 Å². The van der Waals surface area contributed by atoms with E-state index in [9.17, 15) is 0 Å². The van der Waals surface area contributed by atoms with Crippen LogP contribution in [0.4, 0.5) is 0 Å². The second-order valence-electron chi connectivity index (χ2n) is 4.41. The van der Waals surface area contributed by atoms with Gasteiger partial charge in [-0.05, 0) is 43.5 Å². The van der Waals surface area contributed by atoms with Crippen LogP contribution in [-0.4, -0.2) is 14.8 Å². The van der Waals surface area contributed by atoms with Crippen molar-refractivity contribution < 1.29 is 0 Å². The third kappa shape index (κ3) is 1.99. The zero-order chi connectivity index (χ0) is 12.4. The molecule has 0 saturated carbocycles. The van der Waals surface area contributed by atoms with Crippen molar-refractivity contribution in [3.05, 3.63) is 60.1 Å². The SMILES string of the molecule is Cc1cc(C2=CCCC=C2)n(-c2ccccn2)n1. The van der Waals surface area contributed by atoms with Crippen molar-refractivity contribution >= 4 is 5.57 Å². The van der Waals surface area contributed by atoms with Gasteiger partial charge in [0.1, 0.15) is 0 Å². The van der Waals surface area contributed by atoms with E-state index in [-0.39, 0.29) is 0 Å². The van der Waals surface area contributed by atoms with Crippen LogP contribution in [-0.2, 0) is 0 Å². The highest BCUT2D eigenvalue weighted by Crippen LogP contribution is 2.23. The number of nitrogens with zero attached hydrogens (tertiary/aromatic N) is 3. The zero-order valence-corrected chi connectivity index (χ0v) is 10.4. The second-order valence-corrected chi connectivity index (χ2v) is 4.41. The Kier molecular flexibility index (Phi) is 2.81. The summed E-state index contributed by atoms with van der Waals surface area (Å²) in [7, 11) is 0. The molecule has 2 heterocycles. The quantitative estimate of drug-likeness (QED) is 0.802. The largest absolute Gasteiger partial charge is 0.237 e. The van der Waals surface area contributed by atoms with Gasteiger partial charge in [-0.15, -0.1) is 0 Å². The van der Waals surface area contributed by atoms with E-state index in [0.29, 0.717) is 0 Å². The van der Waals surface area contributed by atoms with Gasteiger partial charge in [0, 0.05) is 6.20 Å². The highest BCUT2D eigenvalue weighted by atomic mass is 15.3. The van der Waals surface area contributed by atoms with E-state index in [1.54, 1.807) is 6.20 Å². The lowest BCUT2D eigenvalue weighted by atomic mass is 10.0. The molecule has 0 bridgehead atoms. The number of pyridine rings is 1. The average molecular weight is 237 g/mol. The standard InChI is InChI=1S/C15H15N3/c1-12-11-14(13-7-3-2-4-8-13)18(17-12)15-9-5-6-10-16-15/h3,5-11H,2,4H2,1H3. The Bertz CT molecular complexity index is 606. The first kappa shape index (κ1) is 11.0. The maximum atomic E-state index is 4.54. The third-order valence-electron chi connectivity index (χ3n) is 2.99. The van der Waals surface area contributed by atoms with Crippen LogP contribution in [0, 0.1) is 6.92 Å². The highest BCUT2D eigenvalue weighted by molar-refractivity contribution is 5.73. The van der Waals surface area contributed by atoms with E-state index in [4.69, 9.17) is 0 Å². The van der Waals surface area contributed by atoms with Crippen molar-refractivity contribution in [3.63, 3.8) is 0 Å². The number of aromatic nitrogens is 3. The van der Waals surface area contributed by atoms with Crippen LogP contribution in [0.1, 0.15) is 24.2 Å². The number of rotatable bonds is 2. The molecule has 0 fully saturated rings. The first-order valence-electron chi connectivity index (χ1n) is 6.20. The van der Waals surface area contributed by atoms with Gasteiger partial charge in [0.15, 0.2) is 5.82 Å². The van der Waals surface area contributed by atoms with Gasteiger partial charge in [-0.25, -0.2) is 9.67 Å². The molecule has 3 rings (SSSR count). The molecule has 3 heteroatoms. The molecular weight excluding hydrogens is 222 g/mol. The third-order valence-corrected chi connectivity index (χ3v) is 2.99. The number of hydrogen-bond donors (Lipinski definition) is 0. The van der Waals surface area contributed by atoms with Crippen LogP contribution >= 0.6 is 0 Å². The van der Waals surface area contributed by atoms with E-state index in [1.807, 2.05) is 29.8 Å². The summed E-state index contributed by atoms with van der Waals surface area (Å²) >= 11 is 0. The average Bonchev–Trinajstić information content (AvgIpc) is 2.83. The first-order chi connectivity index (χ1) is 8.84. The lowest BCUT2D eigenvalue weighted by Gasteiger charge is -2.09. The van der Waals surface area contributed by atoms with Gasteiger partial charge in [-0.2, -0.15) is 5.10 Å². The molecule has 2 aromatic heterocycles. The molecular formula is C15H15N3. The molecule has 90 valence electrons. The van der Waals surface area contributed by atoms with Crippen molar-refractivity contribution in [3.8, 4) is 5.82 Å². The molecule has 0 unspecified atom stereocenters. The summed E-state index contributed by atoms with van der Waals surface area (Å²) in [5, 5.41) is 4.54. The van der Waals surface area contributed by atoms with Gasteiger partial charge >= 0.3 is 0 Å². The van der Waals surface area contributed by atoms with Crippen LogP contribution in [0.25, 0.3) is 11.4 Å². The van der Waals surface area contributed by atoms with E-state index >= 15 is 0 Å². The fourth-order valence-electron chi connectivity index (χ4n) is 2.16. The Morgan fingerprint density at radius 3 is 2.89 bits per heavy atom. The second kappa shape index (κ2) is 4.61. The predicted molar refractivity (Wildman–Crippen MR) is 72.4 cm³/mol. The maximum absolute atomic E-state index is 4.54. The molecule has 1 aliphatic rings. The van der Waals surface area contributed by atoms with E-state index in [0.717, 1.165) is 30.0 Å². The lowest BCUT2D eigenvalue weighted by molar-refractivity contribution is 0.821. The van der Waals surface area contributed by atoms with Gasteiger partial charge in [0.25, 0.3) is 0 Å². The van der Waals surface area contributed by atoms with Crippen LogP contribution in [0.3, 0.4) is 0 Å². The maximum Gasteiger partial charge on any atom is 0.153 e. The van der Waals surface area contributed by atoms with Crippen LogP contribution < -0.4 is 0 Å². The summed E-state index contributed by atoms with van der Waals surface area (Å²) in [6.07, 6.45) is 10.6. The minimum absolute atomic E-state index is 0.862. The van der Waals surface area contributed by atoms with Crippen LogP contribution in [0.2, 0.25) is 0 Å². The van der Waals surface area contributed by atoms with Crippen LogP contribution in [0.15, 0.2) is 48.7 Å². The number of hydrogen-bond acceptors (Lipinski definition) is 2. The van der Waals surface area contributed by atoms with Crippen LogP contribution in [0.5, 0.6) is 0 Å². The van der Waals surface area contributed by atoms with Crippen molar-refractivity contribution in [2.75, 3.05) is 0 Å². The molecule has 0 radical (unpaired) electrons. The monoisotopic (exact) mass is 237 g/mol. The van der Waals surface area contributed by atoms with E-state index < -0.39 is 0 Å². The molecule has 0 N–H and O–H groups in total. The summed E-state index contributed by atoms with van der Waals surface area (Å²) in [6, 6.07) is 7.98. The molecule has 0 atom stereocenters. The molecule has 1 aliphatic carbocycles. The zero-order valence-electron chi connectivity index (χ0n) is 10.4. The van der Waals surface area contributed by atoms with Gasteiger partial charge in [-0.3, -0.25) is 0 Å². The topological polar surface area (TPSA) is 30.7 Å². The van der Waals surface area contributed by atoms with Crippen molar-refractivity contribution in [1.29, 1.82) is 0 Å². The summed E-state index contributed by atoms with van der Waals surface area (Å²) in [5.74, 6) is 0.862. The molecule has 0 aromatic carbocycles. The minimum Gasteiger partial charge on any atom is -0.237 e. The number of aryl methyl sites for hydroxylation is 1. The Labute approximate surface area is 106 Å². The Balaban J connectivity index is 2.11. The van der Waals surface area contributed by atoms with Crippen molar-refractivity contribution in [2.45, 2.75) is 19.8 Å². The Morgan fingerprint density at radius 2 is 2.17 bits per heavy atom. The predicted octanol–water partition coefficient (Wildman–Crippen LogP) is 3.31. The summed E-state index contributed by atoms with van der Waals surface area (Å²) in [5.41, 5.74) is 3.35. The molecule has 0 amide bonds. The lowest BCUT2D eigenvalue weighted by Crippen LogP contribution is -2.03. The summed E-state index contributed by atoms with van der Waals surface area (Å²) in [4.78, 5) is 4.37. The summed E-state index contributed by atoms with van der Waals surface area (Å²) < 4.78 is 1.91. The summed E-state index contributed by atoms with van der Waals surface area (Å²) in [6.45, 7) is 2.01. The smallest absolute Gasteiger partial charge is 0.153 e. The molecule has 18 heavy (non-hydrogen) atoms. The molecule has 0 saturated heterocycles. The van der Waals surface area contributed by atoms with Gasteiger partial charge in [0.05, 0.1) is 11.4 Å². The fraction of sp³-hybridized carbons (Fsp3) is 0.200. The molecule has 0 aliphatic heterocycles. The van der Waals surface area contributed by atoms with Gasteiger partial charge < -0.3 is 0 Å². The number of allylic oxidation sites excluding steroid dienone is 4.